The molecule has 0 aromatic heterocycles. The molecule has 1 heterocycles. The molecule has 1 aliphatic rings. The second kappa shape index (κ2) is 7.99. The third-order valence-electron chi connectivity index (χ3n) is 4.75. The van der Waals surface area contributed by atoms with Crippen molar-refractivity contribution in [2.75, 3.05) is 32.7 Å². The van der Waals surface area contributed by atoms with Gasteiger partial charge in [0.15, 0.2) is 0 Å². The SMILES string of the molecule is CC(=O)N1CCN(C(=O)CNC(=O)Cc2cccc3ccccc23)CC1. The van der Waals surface area contributed by atoms with Crippen LogP contribution in [-0.4, -0.2) is 60.2 Å². The van der Waals surface area contributed by atoms with Gasteiger partial charge in [0.2, 0.25) is 17.7 Å². The molecule has 6 nitrogen and oxygen atoms in total. The van der Waals surface area contributed by atoms with Gasteiger partial charge < -0.3 is 15.1 Å². The second-order valence-corrected chi connectivity index (χ2v) is 6.48. The zero-order valence-electron chi connectivity index (χ0n) is 14.9. The van der Waals surface area contributed by atoms with Gasteiger partial charge in [-0.2, -0.15) is 0 Å². The maximum Gasteiger partial charge on any atom is 0.242 e. The fourth-order valence-electron chi connectivity index (χ4n) is 3.24. The minimum Gasteiger partial charge on any atom is -0.347 e. The van der Waals surface area contributed by atoms with Crippen molar-refractivity contribution in [1.82, 2.24) is 15.1 Å². The highest BCUT2D eigenvalue weighted by Gasteiger charge is 2.22. The average molecular weight is 353 g/mol. The second-order valence-electron chi connectivity index (χ2n) is 6.48. The molecular formula is C20H23N3O3. The molecule has 0 bridgehead atoms. The predicted molar refractivity (Wildman–Crippen MR) is 99.5 cm³/mol. The van der Waals surface area contributed by atoms with E-state index in [1.165, 1.54) is 6.92 Å². The molecule has 0 atom stereocenters. The first-order chi connectivity index (χ1) is 12.5. The highest BCUT2D eigenvalue weighted by Crippen LogP contribution is 2.18. The number of carbonyl (C=O) groups excluding carboxylic acids is 3. The van der Waals surface area contributed by atoms with Gasteiger partial charge in [-0.1, -0.05) is 42.5 Å². The van der Waals surface area contributed by atoms with Crippen molar-refractivity contribution < 1.29 is 14.4 Å². The Morgan fingerprint density at radius 3 is 2.31 bits per heavy atom. The fraction of sp³-hybridized carbons (Fsp3) is 0.350. The lowest BCUT2D eigenvalue weighted by Crippen LogP contribution is -2.52. The lowest BCUT2D eigenvalue weighted by atomic mass is 10.0. The van der Waals surface area contributed by atoms with Crippen LogP contribution >= 0.6 is 0 Å². The van der Waals surface area contributed by atoms with Crippen LogP contribution in [0.1, 0.15) is 12.5 Å². The predicted octanol–water partition coefficient (Wildman–Crippen LogP) is 1.19. The third-order valence-corrected chi connectivity index (χ3v) is 4.75. The maximum atomic E-state index is 12.3. The summed E-state index contributed by atoms with van der Waals surface area (Å²) < 4.78 is 0. The Morgan fingerprint density at radius 1 is 0.923 bits per heavy atom. The smallest absolute Gasteiger partial charge is 0.242 e. The summed E-state index contributed by atoms with van der Waals surface area (Å²) in [5, 5.41) is 4.86. The highest BCUT2D eigenvalue weighted by atomic mass is 16.2. The summed E-state index contributed by atoms with van der Waals surface area (Å²) in [5.41, 5.74) is 0.947. The minimum atomic E-state index is -0.169. The van der Waals surface area contributed by atoms with E-state index in [0.29, 0.717) is 26.2 Å². The van der Waals surface area contributed by atoms with E-state index in [1.54, 1.807) is 9.80 Å². The van der Waals surface area contributed by atoms with Gasteiger partial charge in [0, 0.05) is 33.1 Å². The van der Waals surface area contributed by atoms with Crippen molar-refractivity contribution >= 4 is 28.5 Å². The first-order valence-electron chi connectivity index (χ1n) is 8.81. The first-order valence-corrected chi connectivity index (χ1v) is 8.81. The molecule has 0 spiro atoms. The summed E-state index contributed by atoms with van der Waals surface area (Å²) in [7, 11) is 0. The zero-order chi connectivity index (χ0) is 18.5. The monoisotopic (exact) mass is 353 g/mol. The molecule has 1 saturated heterocycles. The van der Waals surface area contributed by atoms with Crippen molar-refractivity contribution in [3.63, 3.8) is 0 Å². The van der Waals surface area contributed by atoms with Gasteiger partial charge in [-0.05, 0) is 16.3 Å². The number of piperazine rings is 1. The molecular weight excluding hydrogens is 330 g/mol. The summed E-state index contributed by atoms with van der Waals surface area (Å²) in [6.07, 6.45) is 0.243. The molecule has 0 unspecified atom stereocenters. The number of rotatable bonds is 4. The van der Waals surface area contributed by atoms with Crippen LogP contribution in [0.15, 0.2) is 42.5 Å². The van der Waals surface area contributed by atoms with E-state index in [0.717, 1.165) is 16.3 Å². The normalized spacial score (nSPS) is 14.3. The van der Waals surface area contributed by atoms with Gasteiger partial charge in [0.05, 0.1) is 13.0 Å². The quantitative estimate of drug-likeness (QED) is 0.898. The van der Waals surface area contributed by atoms with Gasteiger partial charge in [-0.25, -0.2) is 0 Å². The van der Waals surface area contributed by atoms with Crippen LogP contribution in [0.25, 0.3) is 10.8 Å². The van der Waals surface area contributed by atoms with E-state index < -0.39 is 0 Å². The number of carbonyl (C=O) groups is 3. The molecule has 0 aliphatic carbocycles. The van der Waals surface area contributed by atoms with Crippen LogP contribution < -0.4 is 5.32 Å². The molecule has 2 aromatic rings. The molecule has 2 aromatic carbocycles. The van der Waals surface area contributed by atoms with E-state index >= 15 is 0 Å². The topological polar surface area (TPSA) is 69.7 Å². The highest BCUT2D eigenvalue weighted by molar-refractivity contribution is 5.91. The van der Waals surface area contributed by atoms with Crippen LogP contribution in [-0.2, 0) is 20.8 Å². The standard InChI is InChI=1S/C20H23N3O3/c1-15(24)22-9-11-23(12-10-22)20(26)14-21-19(25)13-17-7-4-6-16-5-2-3-8-18(16)17/h2-8H,9-14H2,1H3,(H,21,25). The molecule has 1 aliphatic heterocycles. The number of benzene rings is 2. The fourth-order valence-corrected chi connectivity index (χ4v) is 3.24. The van der Waals surface area contributed by atoms with Gasteiger partial charge >= 0.3 is 0 Å². The minimum absolute atomic E-state index is 0.0102. The maximum absolute atomic E-state index is 12.3. The van der Waals surface area contributed by atoms with E-state index in [9.17, 15) is 14.4 Å². The molecule has 0 radical (unpaired) electrons. The molecule has 3 amide bonds. The Hall–Kier alpha value is -2.89. The van der Waals surface area contributed by atoms with E-state index in [-0.39, 0.29) is 30.7 Å². The zero-order valence-corrected chi connectivity index (χ0v) is 14.9. The number of hydrogen-bond acceptors (Lipinski definition) is 3. The molecule has 0 saturated carbocycles. The van der Waals surface area contributed by atoms with Crippen LogP contribution in [0.4, 0.5) is 0 Å². The Bertz CT molecular complexity index is 821. The summed E-state index contributed by atoms with van der Waals surface area (Å²) in [4.78, 5) is 39.2. The molecule has 136 valence electrons. The van der Waals surface area contributed by atoms with Gasteiger partial charge in [-0.3, -0.25) is 14.4 Å². The number of nitrogens with one attached hydrogen (secondary N) is 1. The summed E-state index contributed by atoms with van der Waals surface area (Å²) >= 11 is 0. The van der Waals surface area contributed by atoms with Crippen molar-refractivity contribution in [2.24, 2.45) is 0 Å². The van der Waals surface area contributed by atoms with Crippen molar-refractivity contribution in [2.45, 2.75) is 13.3 Å². The summed E-state index contributed by atoms with van der Waals surface area (Å²) in [6.45, 7) is 3.64. The van der Waals surface area contributed by atoms with E-state index in [1.807, 2.05) is 42.5 Å². The van der Waals surface area contributed by atoms with Gasteiger partial charge in [0.25, 0.3) is 0 Å². The van der Waals surface area contributed by atoms with Crippen LogP contribution in [0.2, 0.25) is 0 Å². The molecule has 3 rings (SSSR count). The van der Waals surface area contributed by atoms with E-state index in [2.05, 4.69) is 5.32 Å². The lowest BCUT2D eigenvalue weighted by molar-refractivity contribution is -0.138. The number of hydrogen-bond donors (Lipinski definition) is 1. The molecule has 1 fully saturated rings. The van der Waals surface area contributed by atoms with Crippen molar-refractivity contribution in [3.8, 4) is 0 Å². The number of amides is 3. The Balaban J connectivity index is 1.51. The van der Waals surface area contributed by atoms with E-state index in [4.69, 9.17) is 0 Å². The summed E-state index contributed by atoms with van der Waals surface area (Å²) in [6, 6.07) is 13.8. The van der Waals surface area contributed by atoms with Crippen molar-refractivity contribution in [1.29, 1.82) is 0 Å². The summed E-state index contributed by atoms with van der Waals surface area (Å²) in [5.74, 6) is -0.253. The van der Waals surface area contributed by atoms with Gasteiger partial charge in [0.1, 0.15) is 0 Å². The lowest BCUT2D eigenvalue weighted by Gasteiger charge is -2.34. The number of nitrogens with zero attached hydrogens (tertiary/aromatic N) is 2. The van der Waals surface area contributed by atoms with Gasteiger partial charge in [-0.15, -0.1) is 0 Å². The average Bonchev–Trinajstić information content (AvgIpc) is 2.66. The molecule has 1 N–H and O–H groups in total. The Morgan fingerprint density at radius 2 is 1.58 bits per heavy atom. The number of fused-ring (bicyclic) bond motifs is 1. The third kappa shape index (κ3) is 4.20. The van der Waals surface area contributed by atoms with Crippen LogP contribution in [0, 0.1) is 0 Å². The Labute approximate surface area is 152 Å². The first kappa shape index (κ1) is 17.9. The van der Waals surface area contributed by atoms with Crippen molar-refractivity contribution in [3.05, 3.63) is 48.0 Å². The van der Waals surface area contributed by atoms with Crippen LogP contribution in [0.3, 0.4) is 0 Å². The van der Waals surface area contributed by atoms with Crippen LogP contribution in [0.5, 0.6) is 0 Å². The molecule has 26 heavy (non-hydrogen) atoms. The molecule has 6 heteroatoms. The largest absolute Gasteiger partial charge is 0.347 e. The Kier molecular flexibility index (Phi) is 5.51.